The van der Waals surface area contributed by atoms with Crippen LogP contribution in [0.1, 0.15) is 20.8 Å². The number of carbonyl (C=O) groups excluding carboxylic acids is 1. The van der Waals surface area contributed by atoms with Gasteiger partial charge in [0, 0.05) is 18.4 Å². The van der Waals surface area contributed by atoms with Crippen molar-refractivity contribution < 1.29 is 14.3 Å². The lowest BCUT2D eigenvalue weighted by molar-refractivity contribution is -0.138. The summed E-state index contributed by atoms with van der Waals surface area (Å²) >= 11 is 0. The second kappa shape index (κ2) is 8.68. The highest BCUT2D eigenvalue weighted by Gasteiger charge is 2.10. The first-order chi connectivity index (χ1) is 7.11. The van der Waals surface area contributed by atoms with Crippen LogP contribution in [-0.2, 0) is 14.3 Å². The Morgan fingerprint density at radius 1 is 1.40 bits per heavy atom. The highest BCUT2D eigenvalue weighted by atomic mass is 28.3. The maximum Gasteiger partial charge on any atom is 0.333 e. The Bertz CT molecular complexity index is 204. The molecule has 4 heteroatoms. The van der Waals surface area contributed by atoms with E-state index in [1.807, 2.05) is 6.92 Å². The van der Waals surface area contributed by atoms with Gasteiger partial charge in [-0.2, -0.15) is 0 Å². The number of carbonyl (C=O) groups is 1. The molecule has 0 aromatic rings. The molecule has 0 aliphatic heterocycles. The molecule has 88 valence electrons. The van der Waals surface area contributed by atoms with Gasteiger partial charge in [-0.05, 0) is 19.9 Å². The third-order valence-electron chi connectivity index (χ3n) is 2.24. The summed E-state index contributed by atoms with van der Waals surface area (Å²) in [6.07, 6.45) is 0.887. The summed E-state index contributed by atoms with van der Waals surface area (Å²) in [6.45, 7) is 10.7. The van der Waals surface area contributed by atoms with Crippen LogP contribution in [0.4, 0.5) is 0 Å². The number of esters is 1. The molecule has 0 aliphatic rings. The lowest BCUT2D eigenvalue weighted by atomic mass is 10.4. The molecule has 0 spiro atoms. The summed E-state index contributed by atoms with van der Waals surface area (Å²) in [7, 11) is -0.850. The van der Waals surface area contributed by atoms with Crippen LogP contribution in [-0.4, -0.2) is 34.2 Å². The molecule has 0 aromatic heterocycles. The SMILES string of the molecule is C=C(C)C(=O)OCC[SiH](CC)COCC. The third-order valence-corrected chi connectivity index (χ3v) is 5.16. The van der Waals surface area contributed by atoms with Gasteiger partial charge in [-0.1, -0.05) is 19.5 Å². The average Bonchev–Trinajstić information content (AvgIpc) is 2.22. The van der Waals surface area contributed by atoms with Crippen molar-refractivity contribution in [1.29, 1.82) is 0 Å². The quantitative estimate of drug-likeness (QED) is 0.363. The van der Waals surface area contributed by atoms with Crippen molar-refractivity contribution in [2.75, 3.05) is 19.4 Å². The van der Waals surface area contributed by atoms with Gasteiger partial charge in [0.25, 0.3) is 0 Å². The van der Waals surface area contributed by atoms with Crippen LogP contribution in [0, 0.1) is 0 Å². The van der Waals surface area contributed by atoms with Gasteiger partial charge < -0.3 is 9.47 Å². The van der Waals surface area contributed by atoms with Crippen LogP contribution in [0.2, 0.25) is 12.1 Å². The minimum absolute atomic E-state index is 0.282. The molecule has 1 unspecified atom stereocenters. The van der Waals surface area contributed by atoms with Gasteiger partial charge in [-0.25, -0.2) is 4.79 Å². The summed E-state index contributed by atoms with van der Waals surface area (Å²) < 4.78 is 10.5. The van der Waals surface area contributed by atoms with Crippen molar-refractivity contribution >= 4 is 14.8 Å². The fraction of sp³-hybridized carbons (Fsp3) is 0.727. The zero-order chi connectivity index (χ0) is 11.7. The van der Waals surface area contributed by atoms with E-state index < -0.39 is 8.80 Å². The number of hydrogen-bond donors (Lipinski definition) is 0. The largest absolute Gasteiger partial charge is 0.463 e. The molecule has 3 nitrogen and oxygen atoms in total. The van der Waals surface area contributed by atoms with Gasteiger partial charge in [0.05, 0.1) is 15.4 Å². The maximum absolute atomic E-state index is 11.1. The lowest BCUT2D eigenvalue weighted by Gasteiger charge is -2.12. The van der Waals surface area contributed by atoms with Crippen molar-refractivity contribution in [2.24, 2.45) is 0 Å². The number of rotatable bonds is 8. The van der Waals surface area contributed by atoms with Gasteiger partial charge in [-0.15, -0.1) is 0 Å². The van der Waals surface area contributed by atoms with E-state index in [0.29, 0.717) is 12.2 Å². The van der Waals surface area contributed by atoms with E-state index in [1.54, 1.807) is 6.92 Å². The van der Waals surface area contributed by atoms with Crippen LogP contribution < -0.4 is 0 Å². The van der Waals surface area contributed by atoms with Gasteiger partial charge in [0.2, 0.25) is 0 Å². The number of hydrogen-bond acceptors (Lipinski definition) is 3. The van der Waals surface area contributed by atoms with Crippen molar-refractivity contribution in [3.63, 3.8) is 0 Å². The van der Waals surface area contributed by atoms with E-state index in [2.05, 4.69) is 13.5 Å². The fourth-order valence-electron chi connectivity index (χ4n) is 1.13. The predicted molar refractivity (Wildman–Crippen MR) is 64.7 cm³/mol. The van der Waals surface area contributed by atoms with E-state index in [1.165, 1.54) is 6.04 Å². The first kappa shape index (κ1) is 14.4. The molecule has 0 aromatic carbocycles. The molecule has 0 N–H and O–H groups in total. The van der Waals surface area contributed by atoms with Crippen LogP contribution >= 0.6 is 0 Å². The standard InChI is InChI=1S/C11H22O3Si/c1-5-13-9-15(6-2)8-7-14-11(12)10(3)4/h15H,3,5-9H2,1-2,4H3. The van der Waals surface area contributed by atoms with Crippen molar-refractivity contribution in [2.45, 2.75) is 32.9 Å². The fourth-order valence-corrected chi connectivity index (χ4v) is 2.96. The van der Waals surface area contributed by atoms with Gasteiger partial charge >= 0.3 is 5.97 Å². The predicted octanol–water partition coefficient (Wildman–Crippen LogP) is 1.93. The maximum atomic E-state index is 11.1. The molecule has 0 saturated heterocycles. The van der Waals surface area contributed by atoms with Crippen molar-refractivity contribution in [3.8, 4) is 0 Å². The molecule has 0 aliphatic carbocycles. The molecular formula is C11H22O3Si. The average molecular weight is 230 g/mol. The summed E-state index contributed by atoms with van der Waals surface area (Å²) in [6, 6.07) is 2.18. The van der Waals surface area contributed by atoms with Gasteiger partial charge in [-0.3, -0.25) is 0 Å². The minimum atomic E-state index is -0.850. The normalized spacial score (nSPS) is 12.2. The monoisotopic (exact) mass is 230 g/mol. The Labute approximate surface area is 94.1 Å². The van der Waals surface area contributed by atoms with Crippen molar-refractivity contribution in [3.05, 3.63) is 12.2 Å². The third kappa shape index (κ3) is 7.33. The minimum Gasteiger partial charge on any atom is -0.463 e. The molecule has 0 heterocycles. The highest BCUT2D eigenvalue weighted by Crippen LogP contribution is 2.02. The molecule has 0 saturated carbocycles. The molecule has 0 amide bonds. The Morgan fingerprint density at radius 3 is 2.53 bits per heavy atom. The van der Waals surface area contributed by atoms with Crippen LogP contribution in [0.25, 0.3) is 0 Å². The van der Waals surface area contributed by atoms with E-state index >= 15 is 0 Å². The lowest BCUT2D eigenvalue weighted by Crippen LogP contribution is -2.22. The number of ether oxygens (including phenoxy) is 2. The smallest absolute Gasteiger partial charge is 0.333 e. The molecule has 0 rings (SSSR count). The Kier molecular flexibility index (Phi) is 8.32. The van der Waals surface area contributed by atoms with Crippen molar-refractivity contribution in [1.82, 2.24) is 0 Å². The van der Waals surface area contributed by atoms with Gasteiger partial charge in [0.15, 0.2) is 0 Å². The Hall–Kier alpha value is -0.613. The molecule has 0 radical (unpaired) electrons. The summed E-state index contributed by atoms with van der Waals surface area (Å²) in [5, 5.41) is 0. The topological polar surface area (TPSA) is 35.5 Å². The summed E-state index contributed by atoms with van der Waals surface area (Å²) in [4.78, 5) is 11.1. The molecule has 1 atom stereocenters. The second-order valence-electron chi connectivity index (χ2n) is 3.64. The second-order valence-corrected chi connectivity index (χ2v) is 7.10. The van der Waals surface area contributed by atoms with Crippen LogP contribution in [0.3, 0.4) is 0 Å². The Morgan fingerprint density at radius 2 is 2.07 bits per heavy atom. The van der Waals surface area contributed by atoms with Gasteiger partial charge in [0.1, 0.15) is 0 Å². The first-order valence-corrected chi connectivity index (χ1v) is 7.97. The molecule has 0 bridgehead atoms. The molecular weight excluding hydrogens is 208 g/mol. The first-order valence-electron chi connectivity index (χ1n) is 5.52. The van der Waals surface area contributed by atoms with E-state index in [0.717, 1.165) is 18.9 Å². The summed E-state index contributed by atoms with van der Waals surface area (Å²) in [5.41, 5.74) is 0.467. The van der Waals surface area contributed by atoms with E-state index in [9.17, 15) is 4.79 Å². The molecule has 15 heavy (non-hydrogen) atoms. The zero-order valence-electron chi connectivity index (χ0n) is 10.0. The van der Waals surface area contributed by atoms with Crippen LogP contribution in [0.15, 0.2) is 12.2 Å². The molecule has 0 fully saturated rings. The summed E-state index contributed by atoms with van der Waals surface area (Å²) in [5.74, 6) is -0.282. The van der Waals surface area contributed by atoms with E-state index in [-0.39, 0.29) is 5.97 Å². The van der Waals surface area contributed by atoms with Crippen LogP contribution in [0.5, 0.6) is 0 Å². The van der Waals surface area contributed by atoms with E-state index in [4.69, 9.17) is 9.47 Å². The highest BCUT2D eigenvalue weighted by molar-refractivity contribution is 6.58. The zero-order valence-corrected chi connectivity index (χ0v) is 11.2. The Balaban J connectivity index is 3.62.